The fourth-order valence-corrected chi connectivity index (χ4v) is 2.64. The van der Waals surface area contributed by atoms with E-state index in [0.29, 0.717) is 29.8 Å². The van der Waals surface area contributed by atoms with E-state index in [-0.39, 0.29) is 18.2 Å². The number of nitro benzene ring substituents is 1. The second-order valence-corrected chi connectivity index (χ2v) is 5.96. The highest BCUT2D eigenvalue weighted by atomic mass is 16.6. The van der Waals surface area contributed by atoms with Gasteiger partial charge in [-0.25, -0.2) is 0 Å². The molecule has 3 rings (SSSR count). The van der Waals surface area contributed by atoms with E-state index in [2.05, 4.69) is 10.6 Å². The van der Waals surface area contributed by atoms with Gasteiger partial charge in [0.1, 0.15) is 5.75 Å². The monoisotopic (exact) mass is 355 g/mol. The number of carbonyl (C=O) groups excluding carboxylic acids is 2. The van der Waals surface area contributed by atoms with Crippen LogP contribution in [0, 0.1) is 17.0 Å². The Morgan fingerprint density at radius 1 is 1.27 bits per heavy atom. The zero-order valence-electron chi connectivity index (χ0n) is 14.1. The number of nitrogens with one attached hydrogen (secondary N) is 2. The highest BCUT2D eigenvalue weighted by molar-refractivity contribution is 5.94. The van der Waals surface area contributed by atoms with Gasteiger partial charge >= 0.3 is 0 Å². The molecule has 0 atom stereocenters. The molecule has 2 aromatic rings. The molecular weight excluding hydrogens is 338 g/mol. The fourth-order valence-electron chi connectivity index (χ4n) is 2.64. The number of nitro groups is 1. The minimum atomic E-state index is -0.516. The van der Waals surface area contributed by atoms with Gasteiger partial charge in [-0.2, -0.15) is 0 Å². The normalized spacial score (nSPS) is 12.7. The van der Waals surface area contributed by atoms with E-state index in [1.807, 2.05) is 0 Å². The lowest BCUT2D eigenvalue weighted by Gasteiger charge is -2.17. The van der Waals surface area contributed by atoms with Gasteiger partial charge in [0.25, 0.3) is 11.6 Å². The SMILES string of the molecule is Cc1ccc([N+](=O)[O-])cc1NC(=O)COc1ccc2c(c1)CCC(=O)N2. The fraction of sp³-hybridized carbons (Fsp3) is 0.222. The quantitative estimate of drug-likeness (QED) is 0.633. The smallest absolute Gasteiger partial charge is 0.271 e. The molecule has 0 aromatic heterocycles. The summed E-state index contributed by atoms with van der Waals surface area (Å²) in [7, 11) is 0. The van der Waals surface area contributed by atoms with E-state index in [0.717, 1.165) is 11.3 Å². The number of hydrogen-bond donors (Lipinski definition) is 2. The van der Waals surface area contributed by atoms with Crippen LogP contribution in [0.1, 0.15) is 17.5 Å². The number of non-ortho nitro benzene ring substituents is 1. The van der Waals surface area contributed by atoms with Gasteiger partial charge < -0.3 is 15.4 Å². The maximum absolute atomic E-state index is 12.1. The molecule has 0 aliphatic carbocycles. The summed E-state index contributed by atoms with van der Waals surface area (Å²) in [5.41, 5.74) is 2.71. The Kier molecular flexibility index (Phi) is 4.83. The molecule has 134 valence electrons. The zero-order chi connectivity index (χ0) is 18.7. The number of fused-ring (bicyclic) bond motifs is 1. The van der Waals surface area contributed by atoms with Crippen molar-refractivity contribution in [3.8, 4) is 5.75 Å². The maximum Gasteiger partial charge on any atom is 0.271 e. The van der Waals surface area contributed by atoms with Crippen LogP contribution in [0.5, 0.6) is 5.75 Å². The molecule has 1 aliphatic rings. The standard InChI is InChI=1S/C18H17N3O5/c1-11-2-4-13(21(24)25)9-16(11)20-18(23)10-26-14-5-6-15-12(8-14)3-7-17(22)19-15/h2,4-6,8-9H,3,7,10H2,1H3,(H,19,22)(H,20,23). The van der Waals surface area contributed by atoms with Crippen molar-refractivity contribution in [2.75, 3.05) is 17.2 Å². The number of benzene rings is 2. The molecule has 0 unspecified atom stereocenters. The molecule has 0 saturated heterocycles. The summed E-state index contributed by atoms with van der Waals surface area (Å²) in [6.07, 6.45) is 1.04. The summed E-state index contributed by atoms with van der Waals surface area (Å²) in [5, 5.41) is 16.2. The van der Waals surface area contributed by atoms with Crippen LogP contribution in [-0.4, -0.2) is 23.3 Å². The van der Waals surface area contributed by atoms with Gasteiger partial charge in [-0.3, -0.25) is 19.7 Å². The molecule has 0 radical (unpaired) electrons. The zero-order valence-corrected chi connectivity index (χ0v) is 14.1. The minimum absolute atomic E-state index is 0.0159. The first-order chi connectivity index (χ1) is 12.4. The van der Waals surface area contributed by atoms with E-state index >= 15 is 0 Å². The van der Waals surface area contributed by atoms with Crippen LogP contribution in [-0.2, 0) is 16.0 Å². The van der Waals surface area contributed by atoms with Crippen LogP contribution in [0.3, 0.4) is 0 Å². The number of aryl methyl sites for hydroxylation is 2. The van der Waals surface area contributed by atoms with Crippen molar-refractivity contribution in [1.29, 1.82) is 0 Å². The van der Waals surface area contributed by atoms with Crippen LogP contribution in [0.15, 0.2) is 36.4 Å². The first-order valence-corrected chi connectivity index (χ1v) is 8.03. The average Bonchev–Trinajstić information content (AvgIpc) is 2.61. The molecule has 0 saturated carbocycles. The molecule has 2 aromatic carbocycles. The second-order valence-electron chi connectivity index (χ2n) is 5.96. The number of nitrogens with zero attached hydrogens (tertiary/aromatic N) is 1. The predicted molar refractivity (Wildman–Crippen MR) is 95.4 cm³/mol. The molecule has 1 aliphatic heterocycles. The first kappa shape index (κ1) is 17.4. The molecule has 0 bridgehead atoms. The van der Waals surface area contributed by atoms with Crippen molar-refractivity contribution in [1.82, 2.24) is 0 Å². The van der Waals surface area contributed by atoms with Gasteiger partial charge in [0.15, 0.2) is 6.61 Å². The number of carbonyl (C=O) groups is 2. The Balaban J connectivity index is 1.62. The lowest BCUT2D eigenvalue weighted by atomic mass is 10.0. The lowest BCUT2D eigenvalue weighted by Crippen LogP contribution is -2.21. The Morgan fingerprint density at radius 2 is 2.08 bits per heavy atom. The lowest BCUT2D eigenvalue weighted by molar-refractivity contribution is -0.384. The van der Waals surface area contributed by atoms with Crippen molar-refractivity contribution < 1.29 is 19.2 Å². The Bertz CT molecular complexity index is 894. The van der Waals surface area contributed by atoms with E-state index in [1.165, 1.54) is 12.1 Å². The van der Waals surface area contributed by atoms with Crippen LogP contribution >= 0.6 is 0 Å². The minimum Gasteiger partial charge on any atom is -0.484 e. The average molecular weight is 355 g/mol. The number of amides is 2. The van der Waals surface area contributed by atoms with Crippen molar-refractivity contribution >= 4 is 28.9 Å². The van der Waals surface area contributed by atoms with Gasteiger partial charge in [-0.1, -0.05) is 6.07 Å². The molecule has 0 fully saturated rings. The first-order valence-electron chi connectivity index (χ1n) is 8.03. The molecule has 8 heteroatoms. The molecule has 2 N–H and O–H groups in total. The summed E-state index contributed by atoms with van der Waals surface area (Å²) in [5.74, 6) is 0.0864. The van der Waals surface area contributed by atoms with E-state index in [9.17, 15) is 19.7 Å². The molecule has 26 heavy (non-hydrogen) atoms. The maximum atomic E-state index is 12.1. The third-order valence-electron chi connectivity index (χ3n) is 4.05. The highest BCUT2D eigenvalue weighted by Crippen LogP contribution is 2.27. The van der Waals surface area contributed by atoms with Crippen molar-refractivity contribution in [3.63, 3.8) is 0 Å². The van der Waals surface area contributed by atoms with Crippen molar-refractivity contribution in [2.24, 2.45) is 0 Å². The van der Waals surface area contributed by atoms with E-state index in [4.69, 9.17) is 4.74 Å². The Labute approximate surface area is 149 Å². The van der Waals surface area contributed by atoms with Crippen LogP contribution in [0.25, 0.3) is 0 Å². The van der Waals surface area contributed by atoms with Crippen LogP contribution in [0.4, 0.5) is 17.1 Å². The highest BCUT2D eigenvalue weighted by Gasteiger charge is 2.16. The molecule has 1 heterocycles. The topological polar surface area (TPSA) is 111 Å². The van der Waals surface area contributed by atoms with Crippen molar-refractivity contribution in [2.45, 2.75) is 19.8 Å². The largest absolute Gasteiger partial charge is 0.484 e. The number of anilines is 2. The van der Waals surface area contributed by atoms with Gasteiger partial charge in [0.2, 0.25) is 5.91 Å². The van der Waals surface area contributed by atoms with Crippen molar-refractivity contribution in [3.05, 3.63) is 57.6 Å². The summed E-state index contributed by atoms with van der Waals surface area (Å²) in [4.78, 5) is 33.8. The number of rotatable bonds is 5. The van der Waals surface area contributed by atoms with Crippen LogP contribution < -0.4 is 15.4 Å². The van der Waals surface area contributed by atoms with Gasteiger partial charge in [-0.15, -0.1) is 0 Å². The predicted octanol–water partition coefficient (Wildman–Crippen LogP) is 2.81. The molecule has 0 spiro atoms. The summed E-state index contributed by atoms with van der Waals surface area (Å²) in [6.45, 7) is 1.52. The van der Waals surface area contributed by atoms with Crippen LogP contribution in [0.2, 0.25) is 0 Å². The summed E-state index contributed by atoms with van der Waals surface area (Å²) >= 11 is 0. The van der Waals surface area contributed by atoms with Gasteiger partial charge in [-0.05, 0) is 42.7 Å². The third-order valence-corrected chi connectivity index (χ3v) is 4.05. The Hall–Kier alpha value is -3.42. The van der Waals surface area contributed by atoms with Gasteiger partial charge in [0.05, 0.1) is 10.6 Å². The summed E-state index contributed by atoms with van der Waals surface area (Å²) < 4.78 is 5.49. The molecular formula is C18H17N3O5. The summed E-state index contributed by atoms with van der Waals surface area (Å²) in [6, 6.07) is 9.48. The third kappa shape index (κ3) is 3.97. The van der Waals surface area contributed by atoms with E-state index < -0.39 is 10.8 Å². The number of hydrogen-bond acceptors (Lipinski definition) is 5. The second kappa shape index (κ2) is 7.22. The Morgan fingerprint density at radius 3 is 2.85 bits per heavy atom. The van der Waals surface area contributed by atoms with E-state index in [1.54, 1.807) is 31.2 Å². The molecule has 8 nitrogen and oxygen atoms in total. The number of ether oxygens (including phenoxy) is 1. The molecule has 2 amide bonds. The van der Waals surface area contributed by atoms with Gasteiger partial charge in [0, 0.05) is 24.2 Å².